The number of ether oxygens (including phenoxy) is 1. The largest absolute Gasteiger partial charge is 0.438 e. The summed E-state index contributed by atoms with van der Waals surface area (Å²) in [5.74, 6) is 0.768. The molecule has 8 nitrogen and oxygen atoms in total. The van der Waals surface area contributed by atoms with Gasteiger partial charge < -0.3 is 14.6 Å². The number of amides is 2. The van der Waals surface area contributed by atoms with Crippen LogP contribution in [0.15, 0.2) is 29.2 Å². The maximum Gasteiger partial charge on any atom is 0.412 e. The van der Waals surface area contributed by atoms with Crippen LogP contribution >= 0.6 is 9.24 Å². The maximum absolute atomic E-state index is 13.4. The van der Waals surface area contributed by atoms with Crippen LogP contribution in [0.25, 0.3) is 0 Å². The quantitative estimate of drug-likeness (QED) is 0.580. The van der Waals surface area contributed by atoms with Crippen molar-refractivity contribution < 1.29 is 14.3 Å². The maximum atomic E-state index is 13.4. The van der Waals surface area contributed by atoms with Gasteiger partial charge in [-0.25, -0.2) is 4.79 Å². The third-order valence-corrected chi connectivity index (χ3v) is 7.35. The molecule has 0 bridgehead atoms. The first-order valence-corrected chi connectivity index (χ1v) is 12.1. The summed E-state index contributed by atoms with van der Waals surface area (Å²) < 4.78 is 7.36. The molecule has 3 heterocycles. The minimum atomic E-state index is -0.751. The zero-order chi connectivity index (χ0) is 23.2. The average Bonchev–Trinajstić information content (AvgIpc) is 3.70. The van der Waals surface area contributed by atoms with Crippen LogP contribution in [0.4, 0.5) is 10.5 Å². The van der Waals surface area contributed by atoms with Crippen molar-refractivity contribution in [1.82, 2.24) is 14.9 Å². The van der Waals surface area contributed by atoms with Gasteiger partial charge in [0, 0.05) is 17.5 Å². The molecule has 0 spiro atoms. The summed E-state index contributed by atoms with van der Waals surface area (Å²) in [7, 11) is 2.59. The first-order valence-electron chi connectivity index (χ1n) is 11.6. The highest BCUT2D eigenvalue weighted by atomic mass is 31.0. The van der Waals surface area contributed by atoms with Gasteiger partial charge in [-0.1, -0.05) is 31.7 Å². The summed E-state index contributed by atoms with van der Waals surface area (Å²) in [5, 5.41) is 6.38. The summed E-state index contributed by atoms with van der Waals surface area (Å²) in [6, 6.07) is 5.65. The number of nitrogens with one attached hydrogen (secondary N) is 2. The number of carbonyl (C=O) groups excluding carboxylic acids is 2. The minimum absolute atomic E-state index is 0.133. The Bertz CT molecular complexity index is 1160. The SMILES string of the molecule is Cc1cc2c(c(=O)n1CC(=O)NCc1ncccc1P)NC(=O)OC2(CC1CC1)CC1CC1. The molecule has 0 saturated heterocycles. The van der Waals surface area contributed by atoms with Crippen molar-refractivity contribution in [2.45, 2.75) is 64.1 Å². The third-order valence-electron chi connectivity index (χ3n) is 6.82. The Morgan fingerprint density at radius 1 is 1.27 bits per heavy atom. The highest BCUT2D eigenvalue weighted by Gasteiger charge is 2.49. The fourth-order valence-electron chi connectivity index (χ4n) is 4.75. The second-order valence-corrected chi connectivity index (χ2v) is 10.2. The molecule has 2 aromatic heterocycles. The number of cyclic esters (lactones) is 1. The number of aromatic nitrogens is 2. The van der Waals surface area contributed by atoms with E-state index in [1.54, 1.807) is 6.20 Å². The monoisotopic (exact) mass is 468 g/mol. The molecule has 2 N–H and O–H groups in total. The third kappa shape index (κ3) is 4.67. The van der Waals surface area contributed by atoms with Gasteiger partial charge in [0.15, 0.2) is 0 Å². The van der Waals surface area contributed by atoms with Crippen LogP contribution in [0.1, 0.15) is 55.5 Å². The summed E-state index contributed by atoms with van der Waals surface area (Å²) >= 11 is 0. The Morgan fingerprint density at radius 3 is 2.61 bits per heavy atom. The van der Waals surface area contributed by atoms with Crippen molar-refractivity contribution in [1.29, 1.82) is 0 Å². The van der Waals surface area contributed by atoms with E-state index < -0.39 is 11.7 Å². The van der Waals surface area contributed by atoms with Gasteiger partial charge >= 0.3 is 6.09 Å². The summed E-state index contributed by atoms with van der Waals surface area (Å²) in [6.45, 7) is 1.96. The number of fused-ring (bicyclic) bond motifs is 1. The van der Waals surface area contributed by atoms with E-state index in [0.717, 1.165) is 55.1 Å². The van der Waals surface area contributed by atoms with Crippen LogP contribution in [0.3, 0.4) is 0 Å². The number of pyridine rings is 2. The van der Waals surface area contributed by atoms with E-state index in [4.69, 9.17) is 4.74 Å². The summed E-state index contributed by atoms with van der Waals surface area (Å²) in [5.41, 5.74) is 1.33. The first-order chi connectivity index (χ1) is 15.8. The second-order valence-electron chi connectivity index (χ2n) is 9.59. The topological polar surface area (TPSA) is 102 Å². The normalized spacial score (nSPS) is 18.8. The smallest absolute Gasteiger partial charge is 0.412 e. The number of nitrogens with zero attached hydrogens (tertiary/aromatic N) is 2. The molecule has 0 aromatic carbocycles. The van der Waals surface area contributed by atoms with Crippen molar-refractivity contribution in [3.05, 3.63) is 51.7 Å². The van der Waals surface area contributed by atoms with Crippen molar-refractivity contribution in [2.75, 3.05) is 5.32 Å². The molecule has 5 rings (SSSR count). The van der Waals surface area contributed by atoms with Crippen LogP contribution in [0, 0.1) is 18.8 Å². The van der Waals surface area contributed by atoms with Gasteiger partial charge in [0.2, 0.25) is 5.91 Å². The van der Waals surface area contributed by atoms with Crippen LogP contribution in [0.5, 0.6) is 0 Å². The van der Waals surface area contributed by atoms with Crippen LogP contribution < -0.4 is 21.5 Å². The lowest BCUT2D eigenvalue weighted by Crippen LogP contribution is -2.45. The number of carbonyl (C=O) groups is 2. The van der Waals surface area contributed by atoms with Crippen molar-refractivity contribution in [3.63, 3.8) is 0 Å². The van der Waals surface area contributed by atoms with E-state index in [1.807, 2.05) is 25.1 Å². The number of aryl methyl sites for hydroxylation is 1. The molecule has 174 valence electrons. The van der Waals surface area contributed by atoms with Gasteiger partial charge in [0.05, 0.1) is 12.2 Å². The van der Waals surface area contributed by atoms with Gasteiger partial charge in [0.1, 0.15) is 17.8 Å². The average molecular weight is 468 g/mol. The molecule has 1 atom stereocenters. The fraction of sp³-hybridized carbons (Fsp3) is 0.500. The van der Waals surface area contributed by atoms with Gasteiger partial charge in [-0.15, -0.1) is 9.24 Å². The zero-order valence-electron chi connectivity index (χ0n) is 18.7. The molecule has 0 radical (unpaired) electrons. The predicted molar refractivity (Wildman–Crippen MR) is 127 cm³/mol. The molecular weight excluding hydrogens is 439 g/mol. The predicted octanol–water partition coefficient (Wildman–Crippen LogP) is 2.73. The number of rotatable bonds is 8. The van der Waals surface area contributed by atoms with Crippen LogP contribution in [0.2, 0.25) is 0 Å². The molecule has 1 aliphatic heterocycles. The van der Waals surface area contributed by atoms with Crippen molar-refractivity contribution >= 4 is 32.2 Å². The Hall–Kier alpha value is -2.73. The number of anilines is 1. The van der Waals surface area contributed by atoms with E-state index in [1.165, 1.54) is 4.57 Å². The highest BCUT2D eigenvalue weighted by Crippen LogP contribution is 2.52. The minimum Gasteiger partial charge on any atom is -0.438 e. The van der Waals surface area contributed by atoms with E-state index in [2.05, 4.69) is 24.9 Å². The molecule has 3 aliphatic rings. The van der Waals surface area contributed by atoms with Gasteiger partial charge in [-0.3, -0.25) is 19.9 Å². The Balaban J connectivity index is 1.42. The molecule has 2 fully saturated rings. The van der Waals surface area contributed by atoms with E-state index in [0.29, 0.717) is 17.5 Å². The molecule has 2 saturated carbocycles. The number of hydrogen-bond donors (Lipinski definition) is 2. The molecule has 2 aliphatic carbocycles. The molecular formula is C24H29N4O4P. The van der Waals surface area contributed by atoms with Gasteiger partial charge in [-0.2, -0.15) is 0 Å². The fourth-order valence-corrected chi connectivity index (χ4v) is 5.04. The molecule has 9 heteroatoms. The lowest BCUT2D eigenvalue weighted by Gasteiger charge is -2.39. The molecule has 1 unspecified atom stereocenters. The molecule has 33 heavy (non-hydrogen) atoms. The van der Waals surface area contributed by atoms with Gasteiger partial charge in [-0.05, 0) is 49.0 Å². The second kappa shape index (κ2) is 8.56. The molecule has 2 aromatic rings. The highest BCUT2D eigenvalue weighted by molar-refractivity contribution is 7.27. The standard InChI is InChI=1S/C24H29N4O4P/c1-14-9-17-21(27-23(31)32-24(17,10-15-4-5-15)11-16-6-7-16)22(30)28(14)13-20(29)26-12-18-19(33)3-2-8-25-18/h2-3,8-9,15-16H,4-7,10-13,33H2,1H3,(H,26,29)(H,27,31). The van der Waals surface area contributed by atoms with E-state index in [9.17, 15) is 14.4 Å². The first kappa shape index (κ1) is 22.1. The van der Waals surface area contributed by atoms with E-state index in [-0.39, 0.29) is 30.2 Å². The van der Waals surface area contributed by atoms with Crippen molar-refractivity contribution in [2.24, 2.45) is 11.8 Å². The zero-order valence-corrected chi connectivity index (χ0v) is 19.9. The summed E-state index contributed by atoms with van der Waals surface area (Å²) in [6.07, 6.45) is 7.16. The van der Waals surface area contributed by atoms with Crippen LogP contribution in [-0.2, 0) is 28.2 Å². The Morgan fingerprint density at radius 2 is 1.97 bits per heavy atom. The Kier molecular flexibility index (Phi) is 5.73. The summed E-state index contributed by atoms with van der Waals surface area (Å²) in [4.78, 5) is 42.9. The Labute approximate surface area is 194 Å². The van der Waals surface area contributed by atoms with Gasteiger partial charge in [0.25, 0.3) is 5.56 Å². The van der Waals surface area contributed by atoms with Crippen LogP contribution in [-0.4, -0.2) is 21.6 Å². The molecule has 2 amide bonds. The van der Waals surface area contributed by atoms with Crippen molar-refractivity contribution in [3.8, 4) is 0 Å². The lowest BCUT2D eigenvalue weighted by atomic mass is 9.81. The number of hydrogen-bond acceptors (Lipinski definition) is 5. The lowest BCUT2D eigenvalue weighted by molar-refractivity contribution is -0.121. The van der Waals surface area contributed by atoms with E-state index >= 15 is 0 Å².